The molecule has 1 aliphatic carbocycles. The Labute approximate surface area is 91.5 Å². The minimum Gasteiger partial charge on any atom is -0.207 e. The van der Waals surface area contributed by atoms with E-state index in [4.69, 9.17) is 0 Å². The van der Waals surface area contributed by atoms with Crippen LogP contribution in [0.2, 0.25) is 0 Å². The molecule has 0 aliphatic heterocycles. The summed E-state index contributed by atoms with van der Waals surface area (Å²) in [6.45, 7) is 2.33. The molecular formula is C14H19F. The smallest absolute Gasteiger partial charge is 0.123 e. The lowest BCUT2D eigenvalue weighted by atomic mass is 9.80. The summed E-state index contributed by atoms with van der Waals surface area (Å²) in [5.41, 5.74) is 1.16. The normalized spacial score (nSPS) is 26.5. The SMILES string of the molecule is CC1CCC(Cc2cccc(F)c2)CC1. The van der Waals surface area contributed by atoms with Gasteiger partial charge in [0.25, 0.3) is 0 Å². The predicted molar refractivity (Wildman–Crippen MR) is 61.2 cm³/mol. The lowest BCUT2D eigenvalue weighted by molar-refractivity contribution is 0.289. The van der Waals surface area contributed by atoms with E-state index in [1.165, 1.54) is 31.7 Å². The van der Waals surface area contributed by atoms with Crippen LogP contribution in [0.15, 0.2) is 24.3 Å². The average molecular weight is 206 g/mol. The summed E-state index contributed by atoms with van der Waals surface area (Å²) in [7, 11) is 0. The Kier molecular flexibility index (Phi) is 3.40. The fourth-order valence-electron chi connectivity index (χ4n) is 2.53. The second kappa shape index (κ2) is 4.78. The monoisotopic (exact) mass is 206 g/mol. The first-order chi connectivity index (χ1) is 7.24. The molecule has 0 amide bonds. The van der Waals surface area contributed by atoms with Crippen LogP contribution in [-0.4, -0.2) is 0 Å². The largest absolute Gasteiger partial charge is 0.207 e. The van der Waals surface area contributed by atoms with Crippen LogP contribution in [0.3, 0.4) is 0 Å². The molecule has 0 heterocycles. The fraction of sp³-hybridized carbons (Fsp3) is 0.571. The van der Waals surface area contributed by atoms with Crippen LogP contribution in [0, 0.1) is 17.7 Å². The maximum atomic E-state index is 13.0. The lowest BCUT2D eigenvalue weighted by Crippen LogP contribution is -2.14. The first-order valence-corrected chi connectivity index (χ1v) is 5.98. The van der Waals surface area contributed by atoms with Crippen LogP contribution >= 0.6 is 0 Å². The minimum absolute atomic E-state index is 0.100. The Balaban J connectivity index is 1.92. The van der Waals surface area contributed by atoms with E-state index in [2.05, 4.69) is 6.92 Å². The predicted octanol–water partition coefficient (Wildman–Crippen LogP) is 4.19. The Morgan fingerprint density at radius 3 is 2.60 bits per heavy atom. The zero-order valence-electron chi connectivity index (χ0n) is 9.38. The van der Waals surface area contributed by atoms with Crippen molar-refractivity contribution < 1.29 is 4.39 Å². The molecule has 0 unspecified atom stereocenters. The summed E-state index contributed by atoms with van der Waals surface area (Å²) in [6, 6.07) is 7.06. The van der Waals surface area contributed by atoms with Crippen molar-refractivity contribution in [3.63, 3.8) is 0 Å². The van der Waals surface area contributed by atoms with Crippen molar-refractivity contribution in [2.24, 2.45) is 11.8 Å². The second-order valence-corrected chi connectivity index (χ2v) is 4.96. The zero-order valence-corrected chi connectivity index (χ0v) is 9.38. The summed E-state index contributed by atoms with van der Waals surface area (Å²) >= 11 is 0. The van der Waals surface area contributed by atoms with Gasteiger partial charge in [-0.2, -0.15) is 0 Å². The molecule has 1 saturated carbocycles. The van der Waals surface area contributed by atoms with Gasteiger partial charge in [-0.1, -0.05) is 31.9 Å². The summed E-state index contributed by atoms with van der Waals surface area (Å²) in [5.74, 6) is 1.58. The van der Waals surface area contributed by atoms with E-state index in [0.29, 0.717) is 0 Å². The molecule has 1 aromatic rings. The van der Waals surface area contributed by atoms with E-state index < -0.39 is 0 Å². The first-order valence-electron chi connectivity index (χ1n) is 5.98. The second-order valence-electron chi connectivity index (χ2n) is 4.96. The molecule has 0 radical (unpaired) electrons. The van der Waals surface area contributed by atoms with Crippen molar-refractivity contribution in [3.8, 4) is 0 Å². The molecule has 0 nitrogen and oxygen atoms in total. The van der Waals surface area contributed by atoms with E-state index in [-0.39, 0.29) is 5.82 Å². The summed E-state index contributed by atoms with van der Waals surface area (Å²) < 4.78 is 13.0. The molecular weight excluding hydrogens is 187 g/mol. The van der Waals surface area contributed by atoms with E-state index in [1.807, 2.05) is 12.1 Å². The Morgan fingerprint density at radius 1 is 1.20 bits per heavy atom. The maximum Gasteiger partial charge on any atom is 0.123 e. The standard InChI is InChI=1S/C14H19F/c1-11-5-7-12(8-6-11)9-13-3-2-4-14(15)10-13/h2-4,10-12H,5-9H2,1H3. The number of benzene rings is 1. The zero-order chi connectivity index (χ0) is 10.7. The summed E-state index contributed by atoms with van der Waals surface area (Å²) in [4.78, 5) is 0. The van der Waals surface area contributed by atoms with Crippen molar-refractivity contribution in [3.05, 3.63) is 35.6 Å². The highest BCUT2D eigenvalue weighted by molar-refractivity contribution is 5.16. The van der Waals surface area contributed by atoms with Crippen molar-refractivity contribution in [2.45, 2.75) is 39.0 Å². The van der Waals surface area contributed by atoms with Gasteiger partial charge in [0, 0.05) is 0 Å². The summed E-state index contributed by atoms with van der Waals surface area (Å²) in [6.07, 6.45) is 6.39. The number of hydrogen-bond acceptors (Lipinski definition) is 0. The van der Waals surface area contributed by atoms with E-state index in [1.54, 1.807) is 6.07 Å². The van der Waals surface area contributed by atoms with Gasteiger partial charge >= 0.3 is 0 Å². The van der Waals surface area contributed by atoms with Crippen molar-refractivity contribution in [2.75, 3.05) is 0 Å². The topological polar surface area (TPSA) is 0 Å². The van der Waals surface area contributed by atoms with E-state index in [9.17, 15) is 4.39 Å². The third-order valence-electron chi connectivity index (χ3n) is 3.55. The molecule has 0 spiro atoms. The van der Waals surface area contributed by atoms with Gasteiger partial charge in [-0.05, 0) is 48.8 Å². The number of rotatable bonds is 2. The molecule has 0 saturated heterocycles. The quantitative estimate of drug-likeness (QED) is 0.680. The molecule has 1 fully saturated rings. The van der Waals surface area contributed by atoms with E-state index >= 15 is 0 Å². The molecule has 1 heteroatoms. The molecule has 0 atom stereocenters. The van der Waals surface area contributed by atoms with Crippen molar-refractivity contribution >= 4 is 0 Å². The molecule has 1 aromatic carbocycles. The Bertz CT molecular complexity index is 311. The van der Waals surface area contributed by atoms with E-state index in [0.717, 1.165) is 23.8 Å². The molecule has 0 N–H and O–H groups in total. The Morgan fingerprint density at radius 2 is 1.93 bits per heavy atom. The van der Waals surface area contributed by atoms with Gasteiger partial charge in [-0.3, -0.25) is 0 Å². The fourth-order valence-corrected chi connectivity index (χ4v) is 2.53. The van der Waals surface area contributed by atoms with Crippen LogP contribution < -0.4 is 0 Å². The highest BCUT2D eigenvalue weighted by Crippen LogP contribution is 2.30. The highest BCUT2D eigenvalue weighted by atomic mass is 19.1. The van der Waals surface area contributed by atoms with Crippen LogP contribution in [0.5, 0.6) is 0 Å². The minimum atomic E-state index is -0.100. The molecule has 15 heavy (non-hydrogen) atoms. The molecule has 0 bridgehead atoms. The van der Waals surface area contributed by atoms with Gasteiger partial charge in [-0.25, -0.2) is 4.39 Å². The van der Waals surface area contributed by atoms with Crippen LogP contribution in [0.1, 0.15) is 38.2 Å². The Hall–Kier alpha value is -0.850. The molecule has 82 valence electrons. The molecule has 1 aliphatic rings. The van der Waals surface area contributed by atoms with Gasteiger partial charge in [0.1, 0.15) is 5.82 Å². The number of hydrogen-bond donors (Lipinski definition) is 0. The number of halogens is 1. The third-order valence-corrected chi connectivity index (χ3v) is 3.55. The van der Waals surface area contributed by atoms with Gasteiger partial charge < -0.3 is 0 Å². The van der Waals surface area contributed by atoms with Crippen LogP contribution in [0.4, 0.5) is 4.39 Å². The average Bonchev–Trinajstić information content (AvgIpc) is 2.22. The third kappa shape index (κ3) is 3.05. The first kappa shape index (κ1) is 10.7. The highest BCUT2D eigenvalue weighted by Gasteiger charge is 2.18. The van der Waals surface area contributed by atoms with Gasteiger partial charge in [0.2, 0.25) is 0 Å². The van der Waals surface area contributed by atoms with Gasteiger partial charge in [0.15, 0.2) is 0 Å². The maximum absolute atomic E-state index is 13.0. The van der Waals surface area contributed by atoms with Crippen molar-refractivity contribution in [1.82, 2.24) is 0 Å². The summed E-state index contributed by atoms with van der Waals surface area (Å²) in [5, 5.41) is 0. The van der Waals surface area contributed by atoms with Gasteiger partial charge in [-0.15, -0.1) is 0 Å². The van der Waals surface area contributed by atoms with Crippen LogP contribution in [-0.2, 0) is 6.42 Å². The lowest BCUT2D eigenvalue weighted by Gasteiger charge is -2.26. The molecule has 2 rings (SSSR count). The van der Waals surface area contributed by atoms with Crippen molar-refractivity contribution in [1.29, 1.82) is 0 Å². The van der Waals surface area contributed by atoms with Gasteiger partial charge in [0.05, 0.1) is 0 Å². The molecule has 0 aromatic heterocycles. The van der Waals surface area contributed by atoms with Crippen LogP contribution in [0.25, 0.3) is 0 Å².